The first kappa shape index (κ1) is 12.6. The average Bonchev–Trinajstić information content (AvgIpc) is 2.86. The van der Waals surface area contributed by atoms with Gasteiger partial charge >= 0.3 is 0 Å². The van der Waals surface area contributed by atoms with E-state index in [1.54, 1.807) is 0 Å². The fourth-order valence-corrected chi connectivity index (χ4v) is 3.23. The zero-order chi connectivity index (χ0) is 13.3. The molecule has 1 aliphatic rings. The molecule has 6 nitrogen and oxygen atoms in total. The zero-order valence-electron chi connectivity index (χ0n) is 10.9. The van der Waals surface area contributed by atoms with Crippen molar-refractivity contribution in [1.29, 1.82) is 0 Å². The van der Waals surface area contributed by atoms with Crippen LogP contribution in [-0.4, -0.2) is 36.7 Å². The largest absolute Gasteiger partial charge is 0.362 e. The van der Waals surface area contributed by atoms with Gasteiger partial charge in [-0.25, -0.2) is 0 Å². The van der Waals surface area contributed by atoms with Crippen molar-refractivity contribution in [3.05, 3.63) is 12.1 Å². The minimum Gasteiger partial charge on any atom is -0.362 e. The quantitative estimate of drug-likeness (QED) is 0.872. The third-order valence-corrected chi connectivity index (χ3v) is 4.32. The van der Waals surface area contributed by atoms with Gasteiger partial charge in [0.2, 0.25) is 0 Å². The molecule has 2 unspecified atom stereocenters. The lowest BCUT2D eigenvalue weighted by Crippen LogP contribution is -2.44. The second kappa shape index (κ2) is 4.92. The second-order valence-electron chi connectivity index (χ2n) is 5.49. The molecule has 0 spiro atoms. The number of hydrogen-bond donors (Lipinski definition) is 1. The van der Waals surface area contributed by atoms with E-state index < -0.39 is 0 Å². The number of anilines is 1. The molecular weight excluding hydrogens is 264 g/mol. The summed E-state index contributed by atoms with van der Waals surface area (Å²) < 4.78 is 1.43. The summed E-state index contributed by atoms with van der Waals surface area (Å²) in [7, 11) is 0. The van der Waals surface area contributed by atoms with Gasteiger partial charge in [-0.05, 0) is 41.3 Å². The van der Waals surface area contributed by atoms with Gasteiger partial charge < -0.3 is 5.32 Å². The number of alkyl halides is 1. The van der Waals surface area contributed by atoms with Crippen LogP contribution >= 0.6 is 11.6 Å². The highest BCUT2D eigenvalue weighted by molar-refractivity contribution is 6.18. The van der Waals surface area contributed by atoms with Crippen LogP contribution in [0.5, 0.6) is 0 Å². The molecular formula is C12H17ClN6. The lowest BCUT2D eigenvalue weighted by molar-refractivity contribution is 0.279. The molecule has 1 N–H and O–H groups in total. The van der Waals surface area contributed by atoms with Gasteiger partial charge in [-0.2, -0.15) is 0 Å². The van der Waals surface area contributed by atoms with Crippen LogP contribution in [0.2, 0.25) is 0 Å². The molecule has 102 valence electrons. The summed E-state index contributed by atoms with van der Waals surface area (Å²) in [5, 5.41) is 19.1. The predicted molar refractivity (Wildman–Crippen MR) is 73.3 cm³/mol. The molecule has 2 heterocycles. The van der Waals surface area contributed by atoms with E-state index in [0.717, 1.165) is 18.7 Å². The molecule has 7 heteroatoms. The van der Waals surface area contributed by atoms with E-state index in [9.17, 15) is 0 Å². The molecule has 0 saturated heterocycles. The third kappa shape index (κ3) is 2.49. The first-order valence-corrected chi connectivity index (χ1v) is 7.14. The molecule has 0 radical (unpaired) electrons. The van der Waals surface area contributed by atoms with Gasteiger partial charge in [-0.1, -0.05) is 19.8 Å². The van der Waals surface area contributed by atoms with Gasteiger partial charge in [0.25, 0.3) is 0 Å². The number of rotatable bonds is 3. The first-order chi connectivity index (χ1) is 9.21. The molecule has 2 aromatic rings. The Labute approximate surface area is 116 Å². The van der Waals surface area contributed by atoms with E-state index in [1.807, 2.05) is 12.1 Å². The Bertz CT molecular complexity index is 570. The predicted octanol–water partition coefficient (Wildman–Crippen LogP) is 2.12. The van der Waals surface area contributed by atoms with Crippen LogP contribution in [0.15, 0.2) is 12.1 Å². The maximum Gasteiger partial charge on any atom is 0.200 e. The van der Waals surface area contributed by atoms with Crippen molar-refractivity contribution in [3.8, 4) is 0 Å². The highest BCUT2D eigenvalue weighted by atomic mass is 35.5. The molecule has 3 rings (SSSR count). The molecule has 1 saturated carbocycles. The summed E-state index contributed by atoms with van der Waals surface area (Å²) in [5.74, 6) is 2.05. The molecule has 1 aliphatic carbocycles. The van der Waals surface area contributed by atoms with E-state index >= 15 is 0 Å². The maximum absolute atomic E-state index is 6.21. The molecule has 2 atom stereocenters. The Hall–Kier alpha value is -1.43. The molecule has 0 aromatic carbocycles. The zero-order valence-corrected chi connectivity index (χ0v) is 11.6. The van der Waals surface area contributed by atoms with Gasteiger partial charge in [0.15, 0.2) is 5.65 Å². The van der Waals surface area contributed by atoms with Gasteiger partial charge in [-0.3, -0.25) is 0 Å². The van der Waals surface area contributed by atoms with Crippen LogP contribution in [0.3, 0.4) is 0 Å². The Balaban J connectivity index is 1.85. The SMILES string of the molecule is CC1CCCC(CCl)(Nc2ccc3nnnn3n2)C1. The molecule has 0 amide bonds. The van der Waals surface area contributed by atoms with Crippen molar-refractivity contribution >= 4 is 23.1 Å². The lowest BCUT2D eigenvalue weighted by Gasteiger charge is -2.39. The summed E-state index contributed by atoms with van der Waals surface area (Å²) in [5.41, 5.74) is 0.580. The summed E-state index contributed by atoms with van der Waals surface area (Å²) >= 11 is 6.21. The molecule has 1 fully saturated rings. The number of halogens is 1. The summed E-state index contributed by atoms with van der Waals surface area (Å²) in [6.45, 7) is 2.28. The number of hydrogen-bond acceptors (Lipinski definition) is 5. The van der Waals surface area contributed by atoms with Crippen LogP contribution in [0.1, 0.15) is 32.6 Å². The van der Waals surface area contributed by atoms with Crippen molar-refractivity contribution in [2.24, 2.45) is 5.92 Å². The van der Waals surface area contributed by atoms with Crippen LogP contribution < -0.4 is 5.32 Å². The fourth-order valence-electron chi connectivity index (χ4n) is 2.92. The van der Waals surface area contributed by atoms with Crippen LogP contribution in [-0.2, 0) is 0 Å². The standard InChI is InChI=1S/C12H17ClN6/c1-9-3-2-6-12(7-9,8-13)14-10-4-5-11-15-17-18-19(11)16-10/h4-5,9H,2-3,6-8H2,1H3,(H,14,16). The topological polar surface area (TPSA) is 68.0 Å². The molecule has 19 heavy (non-hydrogen) atoms. The van der Waals surface area contributed by atoms with Gasteiger partial charge in [-0.15, -0.1) is 26.4 Å². The van der Waals surface area contributed by atoms with Gasteiger partial charge in [0, 0.05) is 5.88 Å². The highest BCUT2D eigenvalue weighted by Crippen LogP contribution is 2.35. The van der Waals surface area contributed by atoms with E-state index in [2.05, 4.69) is 32.9 Å². The summed E-state index contributed by atoms with van der Waals surface area (Å²) in [6, 6.07) is 3.75. The molecule has 0 bridgehead atoms. The minimum atomic E-state index is -0.0616. The average molecular weight is 281 g/mol. The van der Waals surface area contributed by atoms with Crippen LogP contribution in [0.25, 0.3) is 5.65 Å². The first-order valence-electron chi connectivity index (χ1n) is 6.60. The number of nitrogens with zero attached hydrogens (tertiary/aromatic N) is 5. The minimum absolute atomic E-state index is 0.0616. The lowest BCUT2D eigenvalue weighted by atomic mass is 9.77. The number of nitrogens with one attached hydrogen (secondary N) is 1. The van der Waals surface area contributed by atoms with Crippen molar-refractivity contribution in [2.75, 3.05) is 11.2 Å². The van der Waals surface area contributed by atoms with Crippen molar-refractivity contribution in [3.63, 3.8) is 0 Å². The van der Waals surface area contributed by atoms with Crippen LogP contribution in [0, 0.1) is 5.92 Å². The Morgan fingerprint density at radius 1 is 1.53 bits per heavy atom. The monoisotopic (exact) mass is 280 g/mol. The third-order valence-electron chi connectivity index (χ3n) is 3.81. The van der Waals surface area contributed by atoms with Crippen molar-refractivity contribution in [2.45, 2.75) is 38.1 Å². The van der Waals surface area contributed by atoms with Crippen LogP contribution in [0.4, 0.5) is 5.82 Å². The molecule has 2 aromatic heterocycles. The second-order valence-corrected chi connectivity index (χ2v) is 5.75. The number of fused-ring (bicyclic) bond motifs is 1. The van der Waals surface area contributed by atoms with E-state index in [0.29, 0.717) is 17.4 Å². The summed E-state index contributed by atoms with van der Waals surface area (Å²) in [4.78, 5) is 0. The van der Waals surface area contributed by atoms with Crippen molar-refractivity contribution in [1.82, 2.24) is 25.3 Å². The summed E-state index contributed by atoms with van der Waals surface area (Å²) in [6.07, 6.45) is 4.63. The number of aromatic nitrogens is 5. The van der Waals surface area contributed by atoms with E-state index in [-0.39, 0.29) is 5.54 Å². The Morgan fingerprint density at radius 3 is 3.21 bits per heavy atom. The smallest absolute Gasteiger partial charge is 0.200 e. The fraction of sp³-hybridized carbons (Fsp3) is 0.667. The maximum atomic E-state index is 6.21. The van der Waals surface area contributed by atoms with E-state index in [4.69, 9.17) is 11.6 Å². The molecule has 0 aliphatic heterocycles. The van der Waals surface area contributed by atoms with Gasteiger partial charge in [0.1, 0.15) is 5.82 Å². The van der Waals surface area contributed by atoms with E-state index in [1.165, 1.54) is 17.5 Å². The highest BCUT2D eigenvalue weighted by Gasteiger charge is 2.34. The Morgan fingerprint density at radius 2 is 2.42 bits per heavy atom. The number of tetrazole rings is 1. The van der Waals surface area contributed by atoms with Crippen molar-refractivity contribution < 1.29 is 0 Å². The van der Waals surface area contributed by atoms with Gasteiger partial charge in [0.05, 0.1) is 5.54 Å². The Kier molecular flexibility index (Phi) is 3.26. The normalized spacial score (nSPS) is 27.6.